The number of halogens is 1. The molecule has 2 nitrogen and oxygen atoms in total. The average Bonchev–Trinajstić information content (AvgIpc) is 3.07. The molecule has 1 fully saturated rings. The van der Waals surface area contributed by atoms with Crippen LogP contribution in [0.5, 0.6) is 0 Å². The SMILES string of the molecule is O=C(CCCCl)NC1CC1c1ccccc1. The Morgan fingerprint density at radius 1 is 1.38 bits per heavy atom. The summed E-state index contributed by atoms with van der Waals surface area (Å²) < 4.78 is 0. The van der Waals surface area contributed by atoms with E-state index >= 15 is 0 Å². The van der Waals surface area contributed by atoms with E-state index in [9.17, 15) is 4.79 Å². The summed E-state index contributed by atoms with van der Waals surface area (Å²) in [6.07, 6.45) is 2.37. The Balaban J connectivity index is 1.77. The van der Waals surface area contributed by atoms with Gasteiger partial charge in [-0.3, -0.25) is 4.79 Å². The number of hydrogen-bond donors (Lipinski definition) is 1. The Hall–Kier alpha value is -1.02. The molecule has 1 aromatic carbocycles. The zero-order valence-corrected chi connectivity index (χ0v) is 9.91. The van der Waals surface area contributed by atoms with Crippen molar-refractivity contribution in [3.05, 3.63) is 35.9 Å². The average molecular weight is 238 g/mol. The summed E-state index contributed by atoms with van der Waals surface area (Å²) >= 11 is 5.54. The highest BCUT2D eigenvalue weighted by Crippen LogP contribution is 2.40. The molecule has 0 bridgehead atoms. The maximum Gasteiger partial charge on any atom is 0.220 e. The molecule has 1 amide bonds. The Morgan fingerprint density at radius 2 is 2.12 bits per heavy atom. The molecular weight excluding hydrogens is 222 g/mol. The van der Waals surface area contributed by atoms with Crippen LogP contribution >= 0.6 is 11.6 Å². The highest BCUT2D eigenvalue weighted by molar-refractivity contribution is 6.17. The summed E-state index contributed by atoms with van der Waals surface area (Å²) in [4.78, 5) is 11.5. The van der Waals surface area contributed by atoms with Gasteiger partial charge in [0.15, 0.2) is 0 Å². The zero-order valence-electron chi connectivity index (χ0n) is 9.16. The van der Waals surface area contributed by atoms with Crippen LogP contribution in [0.1, 0.15) is 30.7 Å². The third-order valence-corrected chi connectivity index (χ3v) is 3.17. The minimum Gasteiger partial charge on any atom is -0.353 e. The molecular formula is C13H16ClNO. The van der Waals surface area contributed by atoms with E-state index in [1.165, 1.54) is 5.56 Å². The zero-order chi connectivity index (χ0) is 11.4. The number of nitrogens with one attached hydrogen (secondary N) is 1. The molecule has 0 aromatic heterocycles. The van der Waals surface area contributed by atoms with Crippen molar-refractivity contribution in [1.82, 2.24) is 5.32 Å². The van der Waals surface area contributed by atoms with Crippen molar-refractivity contribution in [2.24, 2.45) is 0 Å². The topological polar surface area (TPSA) is 29.1 Å². The number of amides is 1. The Labute approximate surface area is 101 Å². The lowest BCUT2D eigenvalue weighted by Gasteiger charge is -2.03. The summed E-state index contributed by atoms with van der Waals surface area (Å²) in [5, 5.41) is 3.04. The molecule has 1 aliphatic carbocycles. The van der Waals surface area contributed by atoms with Crippen LogP contribution in [-0.4, -0.2) is 17.8 Å². The Bertz CT molecular complexity index is 352. The molecule has 3 heteroatoms. The van der Waals surface area contributed by atoms with Gasteiger partial charge in [-0.25, -0.2) is 0 Å². The lowest BCUT2D eigenvalue weighted by Crippen LogP contribution is -2.26. The molecule has 0 spiro atoms. The summed E-state index contributed by atoms with van der Waals surface area (Å²) in [6.45, 7) is 0. The van der Waals surface area contributed by atoms with Crippen LogP contribution in [-0.2, 0) is 4.79 Å². The second kappa shape index (κ2) is 5.35. The van der Waals surface area contributed by atoms with Crippen LogP contribution in [0.3, 0.4) is 0 Å². The predicted octanol–water partition coefficient (Wildman–Crippen LogP) is 2.68. The summed E-state index contributed by atoms with van der Waals surface area (Å²) in [5.41, 5.74) is 1.32. The fourth-order valence-corrected chi connectivity index (χ4v) is 2.06. The molecule has 0 saturated heterocycles. The van der Waals surface area contributed by atoms with E-state index in [2.05, 4.69) is 17.4 Å². The van der Waals surface area contributed by atoms with Gasteiger partial charge in [0.05, 0.1) is 0 Å². The molecule has 2 atom stereocenters. The standard InChI is InChI=1S/C13H16ClNO/c14-8-4-7-13(16)15-12-9-11(12)10-5-2-1-3-6-10/h1-3,5-6,11-12H,4,7-9H2,(H,15,16). The van der Waals surface area contributed by atoms with E-state index in [1.807, 2.05) is 18.2 Å². The smallest absolute Gasteiger partial charge is 0.220 e. The van der Waals surface area contributed by atoms with Crippen molar-refractivity contribution < 1.29 is 4.79 Å². The quantitative estimate of drug-likeness (QED) is 0.784. The Morgan fingerprint density at radius 3 is 2.81 bits per heavy atom. The molecule has 0 heterocycles. The van der Waals surface area contributed by atoms with E-state index in [0.29, 0.717) is 24.3 Å². The number of carbonyl (C=O) groups is 1. The van der Waals surface area contributed by atoms with Gasteiger partial charge in [0.25, 0.3) is 0 Å². The van der Waals surface area contributed by atoms with Crippen LogP contribution < -0.4 is 5.32 Å². The monoisotopic (exact) mass is 237 g/mol. The van der Waals surface area contributed by atoms with Gasteiger partial charge in [0, 0.05) is 24.3 Å². The van der Waals surface area contributed by atoms with Crippen molar-refractivity contribution in [3.63, 3.8) is 0 Å². The van der Waals surface area contributed by atoms with E-state index in [4.69, 9.17) is 11.6 Å². The largest absolute Gasteiger partial charge is 0.353 e. The third-order valence-electron chi connectivity index (χ3n) is 2.90. The fraction of sp³-hybridized carbons (Fsp3) is 0.462. The minimum absolute atomic E-state index is 0.129. The maximum atomic E-state index is 11.5. The summed E-state index contributed by atoms with van der Waals surface area (Å²) in [7, 11) is 0. The first-order valence-electron chi connectivity index (χ1n) is 5.71. The van der Waals surface area contributed by atoms with Crippen LogP contribution in [0.25, 0.3) is 0 Å². The van der Waals surface area contributed by atoms with Crippen LogP contribution in [0.4, 0.5) is 0 Å². The normalized spacial score (nSPS) is 22.8. The molecule has 16 heavy (non-hydrogen) atoms. The predicted molar refractivity (Wildman–Crippen MR) is 65.7 cm³/mol. The fourth-order valence-electron chi connectivity index (χ4n) is 1.93. The summed E-state index contributed by atoms with van der Waals surface area (Å²) in [5.74, 6) is 1.20. The first-order chi connectivity index (χ1) is 7.81. The number of alkyl halides is 1. The first kappa shape index (κ1) is 11.5. The number of carbonyl (C=O) groups excluding carboxylic acids is 1. The third kappa shape index (κ3) is 2.99. The van der Waals surface area contributed by atoms with Gasteiger partial charge < -0.3 is 5.32 Å². The van der Waals surface area contributed by atoms with Crippen molar-refractivity contribution in [1.29, 1.82) is 0 Å². The van der Waals surface area contributed by atoms with Crippen molar-refractivity contribution >= 4 is 17.5 Å². The molecule has 0 radical (unpaired) electrons. The van der Waals surface area contributed by atoms with Crippen LogP contribution in [0.2, 0.25) is 0 Å². The highest BCUT2D eigenvalue weighted by Gasteiger charge is 2.38. The second-order valence-corrected chi connectivity index (χ2v) is 4.60. The maximum absolute atomic E-state index is 11.5. The molecule has 2 rings (SSSR count). The van der Waals surface area contributed by atoms with Gasteiger partial charge in [-0.05, 0) is 18.4 Å². The molecule has 86 valence electrons. The number of rotatable bonds is 5. The molecule has 1 aromatic rings. The van der Waals surface area contributed by atoms with Gasteiger partial charge in [0.1, 0.15) is 0 Å². The minimum atomic E-state index is 0.129. The molecule has 0 aliphatic heterocycles. The van der Waals surface area contributed by atoms with Gasteiger partial charge in [-0.2, -0.15) is 0 Å². The van der Waals surface area contributed by atoms with Gasteiger partial charge in [-0.1, -0.05) is 30.3 Å². The second-order valence-electron chi connectivity index (χ2n) is 4.22. The lowest BCUT2D eigenvalue weighted by molar-refractivity contribution is -0.121. The molecule has 1 saturated carbocycles. The van der Waals surface area contributed by atoms with E-state index in [1.54, 1.807) is 0 Å². The number of benzene rings is 1. The molecule has 1 N–H and O–H groups in total. The first-order valence-corrected chi connectivity index (χ1v) is 6.25. The number of hydrogen-bond acceptors (Lipinski definition) is 1. The van der Waals surface area contributed by atoms with Gasteiger partial charge in [-0.15, -0.1) is 11.6 Å². The van der Waals surface area contributed by atoms with E-state index < -0.39 is 0 Å². The van der Waals surface area contributed by atoms with Gasteiger partial charge in [0.2, 0.25) is 5.91 Å². The Kier molecular flexibility index (Phi) is 3.83. The van der Waals surface area contributed by atoms with Gasteiger partial charge >= 0.3 is 0 Å². The van der Waals surface area contributed by atoms with Crippen LogP contribution in [0, 0.1) is 0 Å². The van der Waals surface area contributed by atoms with Crippen LogP contribution in [0.15, 0.2) is 30.3 Å². The summed E-state index contributed by atoms with van der Waals surface area (Å²) in [6, 6.07) is 10.7. The van der Waals surface area contributed by atoms with Crippen molar-refractivity contribution in [2.45, 2.75) is 31.2 Å². The van der Waals surface area contributed by atoms with Crippen molar-refractivity contribution in [2.75, 3.05) is 5.88 Å². The van der Waals surface area contributed by atoms with Crippen molar-refractivity contribution in [3.8, 4) is 0 Å². The lowest BCUT2D eigenvalue weighted by atomic mass is 10.1. The highest BCUT2D eigenvalue weighted by atomic mass is 35.5. The molecule has 2 unspecified atom stereocenters. The molecule has 1 aliphatic rings. The van der Waals surface area contributed by atoms with E-state index in [-0.39, 0.29) is 5.91 Å². The van der Waals surface area contributed by atoms with E-state index in [0.717, 1.165) is 12.8 Å².